The number of hydrogen-bond donors (Lipinski definition) is 2. The third-order valence-electron chi connectivity index (χ3n) is 5.69. The van der Waals surface area contributed by atoms with E-state index in [2.05, 4.69) is 16.8 Å². The van der Waals surface area contributed by atoms with Gasteiger partial charge >= 0.3 is 0 Å². The largest absolute Gasteiger partial charge is 0.507 e. The van der Waals surface area contributed by atoms with Crippen molar-refractivity contribution in [2.24, 2.45) is 0 Å². The van der Waals surface area contributed by atoms with Crippen LogP contribution < -0.4 is 9.47 Å². The van der Waals surface area contributed by atoms with Crippen molar-refractivity contribution in [1.82, 2.24) is 15.1 Å². The molecule has 0 aliphatic carbocycles. The molecule has 1 aliphatic heterocycles. The molecule has 32 heavy (non-hydrogen) atoms. The van der Waals surface area contributed by atoms with Crippen LogP contribution in [0.5, 0.6) is 17.2 Å². The zero-order valence-electron chi connectivity index (χ0n) is 18.7. The number of phenols is 1. The molecule has 0 saturated carbocycles. The minimum atomic E-state index is -0.422. The van der Waals surface area contributed by atoms with Gasteiger partial charge < -0.3 is 19.5 Å². The summed E-state index contributed by atoms with van der Waals surface area (Å²) in [7, 11) is 1.59. The van der Waals surface area contributed by atoms with Crippen LogP contribution in [0.1, 0.15) is 45.7 Å². The van der Waals surface area contributed by atoms with E-state index in [1.165, 1.54) is 0 Å². The fourth-order valence-corrected chi connectivity index (χ4v) is 4.44. The van der Waals surface area contributed by atoms with Gasteiger partial charge in [0.15, 0.2) is 11.5 Å². The standard InChI is InChI=1S/C25H27N3O4/c1-6-10-28-24(16-8-9-18(32-7-2)19(13-16)31-5)21-22(26-27-23(21)25(28)30)20-15(4)11-14(3)12-17(20)29/h6,8-9,11-13,24,29H,1,7,10H2,2-5H3,(H,26,27)/t24-/m1/s1. The van der Waals surface area contributed by atoms with Crippen LogP contribution in [-0.2, 0) is 0 Å². The molecule has 2 aromatic carbocycles. The van der Waals surface area contributed by atoms with E-state index in [0.717, 1.165) is 22.3 Å². The molecular formula is C25H27N3O4. The molecular weight excluding hydrogens is 406 g/mol. The molecule has 1 atom stereocenters. The van der Waals surface area contributed by atoms with E-state index in [0.29, 0.717) is 41.6 Å². The average molecular weight is 434 g/mol. The van der Waals surface area contributed by atoms with Crippen molar-refractivity contribution in [3.63, 3.8) is 0 Å². The van der Waals surface area contributed by atoms with E-state index in [1.807, 2.05) is 45.0 Å². The molecule has 0 unspecified atom stereocenters. The monoisotopic (exact) mass is 433 g/mol. The average Bonchev–Trinajstić information content (AvgIpc) is 3.28. The SMILES string of the molecule is C=CCN1C(=O)c2[nH]nc(-c3c(C)cc(C)cc3O)c2[C@H]1c1ccc(OCC)c(OC)c1. The first-order valence-electron chi connectivity index (χ1n) is 10.5. The van der Waals surface area contributed by atoms with Gasteiger partial charge in [0.1, 0.15) is 17.1 Å². The highest BCUT2D eigenvalue weighted by molar-refractivity contribution is 6.00. The van der Waals surface area contributed by atoms with Crippen LogP contribution >= 0.6 is 0 Å². The van der Waals surface area contributed by atoms with Crippen LogP contribution in [0, 0.1) is 13.8 Å². The third kappa shape index (κ3) is 3.39. The van der Waals surface area contributed by atoms with E-state index in [1.54, 1.807) is 24.2 Å². The Labute approximate surface area is 187 Å². The summed E-state index contributed by atoms with van der Waals surface area (Å²) in [5, 5.41) is 18.1. The van der Waals surface area contributed by atoms with E-state index in [9.17, 15) is 9.90 Å². The van der Waals surface area contributed by atoms with Crippen LogP contribution in [0.2, 0.25) is 0 Å². The topological polar surface area (TPSA) is 87.7 Å². The number of aromatic nitrogens is 2. The van der Waals surface area contributed by atoms with Gasteiger partial charge in [-0.15, -0.1) is 6.58 Å². The third-order valence-corrected chi connectivity index (χ3v) is 5.69. The minimum Gasteiger partial charge on any atom is -0.507 e. The summed E-state index contributed by atoms with van der Waals surface area (Å²) in [6.07, 6.45) is 1.70. The number of nitrogens with one attached hydrogen (secondary N) is 1. The second-order valence-corrected chi connectivity index (χ2v) is 7.83. The number of H-pyrrole nitrogens is 1. The molecule has 1 aliphatic rings. The zero-order chi connectivity index (χ0) is 23.0. The Balaban J connectivity index is 1.93. The van der Waals surface area contributed by atoms with Crippen molar-refractivity contribution in [1.29, 1.82) is 0 Å². The number of nitrogens with zero attached hydrogens (tertiary/aromatic N) is 2. The molecule has 0 spiro atoms. The maximum absolute atomic E-state index is 13.3. The van der Waals surface area contributed by atoms with Crippen molar-refractivity contribution >= 4 is 5.91 Å². The fourth-order valence-electron chi connectivity index (χ4n) is 4.44. The molecule has 0 bridgehead atoms. The highest BCUT2D eigenvalue weighted by Crippen LogP contribution is 2.46. The lowest BCUT2D eigenvalue weighted by atomic mass is 9.93. The summed E-state index contributed by atoms with van der Waals surface area (Å²) in [4.78, 5) is 15.0. The number of carbonyl (C=O) groups excluding carboxylic acids is 1. The lowest BCUT2D eigenvalue weighted by molar-refractivity contribution is 0.0764. The van der Waals surface area contributed by atoms with Crippen molar-refractivity contribution in [3.05, 3.63) is 70.9 Å². The lowest BCUT2D eigenvalue weighted by Crippen LogP contribution is -2.29. The van der Waals surface area contributed by atoms with Crippen molar-refractivity contribution in [2.75, 3.05) is 20.3 Å². The van der Waals surface area contributed by atoms with Gasteiger partial charge in [0.2, 0.25) is 0 Å². The maximum Gasteiger partial charge on any atom is 0.273 e. The highest BCUT2D eigenvalue weighted by Gasteiger charge is 2.42. The quantitative estimate of drug-likeness (QED) is 0.534. The second-order valence-electron chi connectivity index (χ2n) is 7.83. The Bertz CT molecular complexity index is 1170. The zero-order valence-corrected chi connectivity index (χ0v) is 18.7. The minimum absolute atomic E-state index is 0.134. The number of methoxy groups -OCH3 is 1. The number of benzene rings is 2. The molecule has 2 heterocycles. The molecule has 0 saturated heterocycles. The van der Waals surface area contributed by atoms with Crippen LogP contribution in [0.3, 0.4) is 0 Å². The van der Waals surface area contributed by atoms with Gasteiger partial charge in [-0.05, 0) is 55.7 Å². The maximum atomic E-state index is 13.3. The smallest absolute Gasteiger partial charge is 0.273 e. The van der Waals surface area contributed by atoms with Crippen molar-refractivity contribution < 1.29 is 19.4 Å². The number of aromatic amines is 1. The Kier molecular flexibility index (Phi) is 5.65. The number of carbonyl (C=O) groups is 1. The molecule has 1 aromatic heterocycles. The number of amides is 1. The van der Waals surface area contributed by atoms with Crippen molar-refractivity contribution in [2.45, 2.75) is 26.8 Å². The first-order chi connectivity index (χ1) is 15.4. The van der Waals surface area contributed by atoms with Gasteiger partial charge in [0, 0.05) is 17.7 Å². The Morgan fingerprint density at radius 3 is 2.69 bits per heavy atom. The van der Waals surface area contributed by atoms with Crippen LogP contribution in [-0.4, -0.2) is 46.4 Å². The molecule has 3 aromatic rings. The number of phenolic OH excluding ortho intramolecular Hbond substituents is 1. The van der Waals surface area contributed by atoms with E-state index >= 15 is 0 Å². The van der Waals surface area contributed by atoms with Gasteiger partial charge in [-0.2, -0.15) is 5.10 Å². The van der Waals surface area contributed by atoms with E-state index < -0.39 is 6.04 Å². The van der Waals surface area contributed by atoms with Crippen LogP contribution in [0.4, 0.5) is 0 Å². The number of aromatic hydroxyl groups is 1. The molecule has 0 radical (unpaired) electrons. The fraction of sp³-hybridized carbons (Fsp3) is 0.280. The van der Waals surface area contributed by atoms with E-state index in [-0.39, 0.29) is 11.7 Å². The number of hydrogen-bond acceptors (Lipinski definition) is 5. The van der Waals surface area contributed by atoms with Crippen LogP contribution in [0.15, 0.2) is 43.0 Å². The number of rotatable bonds is 7. The summed E-state index contributed by atoms with van der Waals surface area (Å²) in [6.45, 7) is 10.5. The predicted molar refractivity (Wildman–Crippen MR) is 122 cm³/mol. The highest BCUT2D eigenvalue weighted by atomic mass is 16.5. The summed E-state index contributed by atoms with van der Waals surface area (Å²) in [6, 6.07) is 8.93. The molecule has 0 fully saturated rings. The summed E-state index contributed by atoms with van der Waals surface area (Å²) in [5.41, 5.74) is 5.01. The van der Waals surface area contributed by atoms with Gasteiger partial charge in [0.25, 0.3) is 5.91 Å². The Morgan fingerprint density at radius 2 is 2.03 bits per heavy atom. The molecule has 7 heteroatoms. The lowest BCUT2D eigenvalue weighted by Gasteiger charge is -2.26. The molecule has 1 amide bonds. The Hall–Kier alpha value is -3.74. The summed E-state index contributed by atoms with van der Waals surface area (Å²) in [5.74, 6) is 1.19. The molecule has 166 valence electrons. The van der Waals surface area contributed by atoms with Gasteiger partial charge in [0.05, 0.1) is 19.8 Å². The number of fused-ring (bicyclic) bond motifs is 1. The number of aryl methyl sites for hydroxylation is 2. The Morgan fingerprint density at radius 1 is 1.25 bits per heavy atom. The normalized spacial score (nSPS) is 15.1. The summed E-state index contributed by atoms with van der Waals surface area (Å²) < 4.78 is 11.2. The molecule has 2 N–H and O–H groups in total. The molecule has 7 nitrogen and oxygen atoms in total. The van der Waals surface area contributed by atoms with Gasteiger partial charge in [-0.3, -0.25) is 9.89 Å². The van der Waals surface area contributed by atoms with Crippen LogP contribution in [0.25, 0.3) is 11.3 Å². The first-order valence-corrected chi connectivity index (χ1v) is 10.5. The van der Waals surface area contributed by atoms with Crippen molar-refractivity contribution in [3.8, 4) is 28.5 Å². The summed E-state index contributed by atoms with van der Waals surface area (Å²) >= 11 is 0. The molecule has 4 rings (SSSR count). The first kappa shape index (κ1) is 21.5. The number of ether oxygens (including phenoxy) is 2. The second kappa shape index (κ2) is 8.42. The van der Waals surface area contributed by atoms with Gasteiger partial charge in [-0.1, -0.05) is 18.2 Å². The van der Waals surface area contributed by atoms with Gasteiger partial charge in [-0.25, -0.2) is 0 Å². The van der Waals surface area contributed by atoms with E-state index in [4.69, 9.17) is 9.47 Å². The predicted octanol–water partition coefficient (Wildman–Crippen LogP) is 4.54.